The van der Waals surface area contributed by atoms with Crippen LogP contribution in [0.1, 0.15) is 55.5 Å². The Balaban J connectivity index is 1.32. The van der Waals surface area contributed by atoms with Crippen LogP contribution in [0.5, 0.6) is 5.75 Å². The lowest BCUT2D eigenvalue weighted by molar-refractivity contribution is 0.0735. The molecular weight excluding hydrogens is 464 g/mol. The number of benzene rings is 3. The first-order valence-corrected chi connectivity index (χ1v) is 13.6. The summed E-state index contributed by atoms with van der Waals surface area (Å²) < 4.78 is 5.57. The molecule has 4 aromatic rings. The Morgan fingerprint density at radius 3 is 1.97 bits per heavy atom. The Hall–Kier alpha value is -3.44. The number of unbranched alkanes of at least 4 members (excludes halogenated alkanes) is 3. The molecule has 4 nitrogen and oxygen atoms in total. The largest absolute Gasteiger partial charge is 0.423 e. The van der Waals surface area contributed by atoms with Crippen molar-refractivity contribution in [2.45, 2.75) is 50.8 Å². The molecule has 0 aliphatic carbocycles. The number of nitrogens with zero attached hydrogens (tertiary/aromatic N) is 2. The SMILES string of the molecule is CCCCCCSc1ccc(-c2ccc(C(=O)Oc3ccc(-c4ncc(CC)cn4)cc3)cc2)cc1. The topological polar surface area (TPSA) is 52.1 Å². The van der Waals surface area contributed by atoms with E-state index in [-0.39, 0.29) is 5.97 Å². The van der Waals surface area contributed by atoms with E-state index in [0.717, 1.165) is 28.7 Å². The van der Waals surface area contributed by atoms with Crippen molar-refractivity contribution in [3.05, 3.63) is 96.3 Å². The molecule has 36 heavy (non-hydrogen) atoms. The Morgan fingerprint density at radius 2 is 1.36 bits per heavy atom. The minimum Gasteiger partial charge on any atom is -0.423 e. The number of thioether (sulfide) groups is 1. The normalized spacial score (nSPS) is 10.8. The van der Waals surface area contributed by atoms with Gasteiger partial charge in [0.15, 0.2) is 5.82 Å². The van der Waals surface area contributed by atoms with Crippen molar-refractivity contribution >= 4 is 17.7 Å². The van der Waals surface area contributed by atoms with Crippen LogP contribution in [0.25, 0.3) is 22.5 Å². The molecule has 0 aliphatic rings. The van der Waals surface area contributed by atoms with Gasteiger partial charge in [0.2, 0.25) is 0 Å². The second-order valence-electron chi connectivity index (χ2n) is 8.69. The first-order valence-electron chi connectivity index (χ1n) is 12.6. The van der Waals surface area contributed by atoms with Crippen molar-refractivity contribution in [1.29, 1.82) is 0 Å². The van der Waals surface area contributed by atoms with Crippen LogP contribution in [0.4, 0.5) is 0 Å². The lowest BCUT2D eigenvalue weighted by Gasteiger charge is -2.08. The van der Waals surface area contributed by atoms with E-state index in [2.05, 4.69) is 48.1 Å². The Labute approximate surface area is 218 Å². The summed E-state index contributed by atoms with van der Waals surface area (Å²) in [5, 5.41) is 0. The van der Waals surface area contributed by atoms with Gasteiger partial charge in [-0.15, -0.1) is 11.8 Å². The Morgan fingerprint density at radius 1 is 0.750 bits per heavy atom. The van der Waals surface area contributed by atoms with Gasteiger partial charge in [0, 0.05) is 22.9 Å². The van der Waals surface area contributed by atoms with Crippen LogP contribution in [0.15, 0.2) is 90.1 Å². The molecule has 0 atom stereocenters. The molecule has 1 heterocycles. The number of esters is 1. The molecule has 0 amide bonds. The van der Waals surface area contributed by atoms with E-state index < -0.39 is 0 Å². The third-order valence-electron chi connectivity index (χ3n) is 6.01. The third-order valence-corrected chi connectivity index (χ3v) is 7.11. The molecule has 0 bridgehead atoms. The molecule has 1 aromatic heterocycles. The van der Waals surface area contributed by atoms with Gasteiger partial charge in [0.25, 0.3) is 0 Å². The van der Waals surface area contributed by atoms with E-state index in [1.807, 2.05) is 60.6 Å². The zero-order chi connectivity index (χ0) is 25.2. The fourth-order valence-corrected chi connectivity index (χ4v) is 4.70. The molecule has 0 unspecified atom stereocenters. The van der Waals surface area contributed by atoms with Crippen LogP contribution in [0, 0.1) is 0 Å². The van der Waals surface area contributed by atoms with E-state index >= 15 is 0 Å². The van der Waals surface area contributed by atoms with Crippen LogP contribution in [0.2, 0.25) is 0 Å². The van der Waals surface area contributed by atoms with Crippen LogP contribution < -0.4 is 4.74 Å². The van der Waals surface area contributed by atoms with Gasteiger partial charge in [-0.2, -0.15) is 0 Å². The number of carbonyl (C=O) groups is 1. The van der Waals surface area contributed by atoms with Gasteiger partial charge in [-0.25, -0.2) is 14.8 Å². The highest BCUT2D eigenvalue weighted by Gasteiger charge is 2.10. The van der Waals surface area contributed by atoms with E-state index in [4.69, 9.17) is 4.74 Å². The molecule has 0 spiro atoms. The van der Waals surface area contributed by atoms with Crippen molar-refractivity contribution < 1.29 is 9.53 Å². The highest BCUT2D eigenvalue weighted by molar-refractivity contribution is 7.99. The summed E-state index contributed by atoms with van der Waals surface area (Å²) in [6.07, 6.45) is 9.74. The van der Waals surface area contributed by atoms with Gasteiger partial charge < -0.3 is 4.74 Å². The Bertz CT molecular complexity index is 1240. The van der Waals surface area contributed by atoms with Crippen LogP contribution in [0.3, 0.4) is 0 Å². The zero-order valence-electron chi connectivity index (χ0n) is 20.9. The number of aryl methyl sites for hydroxylation is 1. The fraction of sp³-hybridized carbons (Fsp3) is 0.258. The Kier molecular flexibility index (Phi) is 9.28. The summed E-state index contributed by atoms with van der Waals surface area (Å²) in [4.78, 5) is 22.7. The molecule has 0 saturated carbocycles. The molecule has 3 aromatic carbocycles. The minimum absolute atomic E-state index is 0.382. The van der Waals surface area contributed by atoms with Gasteiger partial charge in [0.05, 0.1) is 5.56 Å². The smallest absolute Gasteiger partial charge is 0.343 e. The van der Waals surface area contributed by atoms with Crippen LogP contribution in [-0.2, 0) is 6.42 Å². The zero-order valence-corrected chi connectivity index (χ0v) is 21.8. The van der Waals surface area contributed by atoms with Crippen LogP contribution >= 0.6 is 11.8 Å². The molecule has 0 fully saturated rings. The third kappa shape index (κ3) is 7.05. The van der Waals surface area contributed by atoms with E-state index in [9.17, 15) is 4.79 Å². The summed E-state index contributed by atoms with van der Waals surface area (Å²) in [7, 11) is 0. The number of hydrogen-bond donors (Lipinski definition) is 0. The lowest BCUT2D eigenvalue weighted by Crippen LogP contribution is -2.08. The van der Waals surface area contributed by atoms with E-state index in [0.29, 0.717) is 17.1 Å². The van der Waals surface area contributed by atoms with Crippen molar-refractivity contribution in [3.63, 3.8) is 0 Å². The highest BCUT2D eigenvalue weighted by atomic mass is 32.2. The minimum atomic E-state index is -0.382. The van der Waals surface area contributed by atoms with Crippen molar-refractivity contribution in [3.8, 4) is 28.3 Å². The number of hydrogen-bond acceptors (Lipinski definition) is 5. The second kappa shape index (κ2) is 13.0. The first kappa shape index (κ1) is 25.6. The maximum Gasteiger partial charge on any atom is 0.343 e. The maximum absolute atomic E-state index is 12.6. The van der Waals surface area contributed by atoms with Gasteiger partial charge in [-0.05, 0) is 83.8 Å². The predicted octanol–water partition coefficient (Wildman–Crippen LogP) is 8.26. The van der Waals surface area contributed by atoms with Crippen molar-refractivity contribution in [2.24, 2.45) is 0 Å². The summed E-state index contributed by atoms with van der Waals surface area (Å²) in [5.41, 5.74) is 4.70. The molecule has 0 aliphatic heterocycles. The fourth-order valence-electron chi connectivity index (χ4n) is 3.79. The highest BCUT2D eigenvalue weighted by Crippen LogP contribution is 2.26. The van der Waals surface area contributed by atoms with Gasteiger partial charge in [0.1, 0.15) is 5.75 Å². The quantitative estimate of drug-likeness (QED) is 0.0905. The molecule has 0 N–H and O–H groups in total. The molecule has 4 rings (SSSR count). The number of ether oxygens (including phenoxy) is 1. The van der Waals surface area contributed by atoms with Crippen molar-refractivity contribution in [1.82, 2.24) is 9.97 Å². The predicted molar refractivity (Wildman–Crippen MR) is 149 cm³/mol. The van der Waals surface area contributed by atoms with Crippen molar-refractivity contribution in [2.75, 3.05) is 5.75 Å². The summed E-state index contributed by atoms with van der Waals surface area (Å²) >= 11 is 1.91. The average Bonchev–Trinajstić information content (AvgIpc) is 2.94. The summed E-state index contributed by atoms with van der Waals surface area (Å²) in [6.45, 7) is 4.31. The molecule has 0 radical (unpaired) electrons. The maximum atomic E-state index is 12.6. The van der Waals surface area contributed by atoms with E-state index in [1.165, 1.54) is 36.3 Å². The second-order valence-corrected chi connectivity index (χ2v) is 9.86. The summed E-state index contributed by atoms with van der Waals surface area (Å²) in [5.74, 6) is 1.92. The standard InChI is InChI=1S/C31H32N2O2S/c1-3-5-6-7-20-36-29-18-14-25(15-19-29)24-8-10-27(11-9-24)31(34)35-28-16-12-26(13-17-28)30-32-21-23(4-2)22-33-30/h8-19,21-22H,3-7,20H2,1-2H3. The monoisotopic (exact) mass is 496 g/mol. The average molecular weight is 497 g/mol. The summed E-state index contributed by atoms with van der Waals surface area (Å²) in [6, 6.07) is 23.4. The molecule has 184 valence electrons. The van der Waals surface area contributed by atoms with Gasteiger partial charge >= 0.3 is 5.97 Å². The molecule has 0 saturated heterocycles. The number of carbonyl (C=O) groups excluding carboxylic acids is 1. The first-order chi connectivity index (χ1) is 17.7. The van der Waals surface area contributed by atoms with Gasteiger partial charge in [-0.1, -0.05) is 57.4 Å². The van der Waals surface area contributed by atoms with Gasteiger partial charge in [-0.3, -0.25) is 0 Å². The molecule has 5 heteroatoms. The lowest BCUT2D eigenvalue weighted by atomic mass is 10.0. The van der Waals surface area contributed by atoms with E-state index in [1.54, 1.807) is 12.1 Å². The molecular formula is C31H32N2O2S. The number of rotatable bonds is 11. The number of aromatic nitrogens is 2. The van der Waals surface area contributed by atoms with Crippen LogP contribution in [-0.4, -0.2) is 21.7 Å².